The van der Waals surface area contributed by atoms with Crippen LogP contribution in [0.15, 0.2) is 30.5 Å². The molecule has 0 fully saturated rings. The highest BCUT2D eigenvalue weighted by Crippen LogP contribution is 2.15. The van der Waals surface area contributed by atoms with E-state index in [4.69, 9.17) is 11.6 Å². The molecule has 0 aliphatic heterocycles. The van der Waals surface area contributed by atoms with E-state index in [0.717, 1.165) is 0 Å². The minimum atomic E-state index is -0.508. The lowest BCUT2D eigenvalue weighted by molar-refractivity contribution is -0.384. The molecule has 0 unspecified atom stereocenters. The summed E-state index contributed by atoms with van der Waals surface area (Å²) < 4.78 is 1.49. The van der Waals surface area contributed by atoms with Gasteiger partial charge in [-0.05, 0) is 19.1 Å². The molecule has 2 aromatic rings. The monoisotopic (exact) mass is 279 g/mol. The molecule has 0 saturated heterocycles. The highest BCUT2D eigenvalue weighted by atomic mass is 35.5. The van der Waals surface area contributed by atoms with Crippen LogP contribution < -0.4 is 0 Å². The summed E-state index contributed by atoms with van der Waals surface area (Å²) in [5.74, 6) is -0.183. The number of hydrogen-bond acceptors (Lipinski definition) is 4. The van der Waals surface area contributed by atoms with E-state index >= 15 is 0 Å². The maximum atomic E-state index is 12.0. The van der Waals surface area contributed by atoms with Crippen LogP contribution in [0.1, 0.15) is 16.1 Å². The van der Waals surface area contributed by atoms with Crippen LogP contribution in [-0.2, 0) is 6.54 Å². The zero-order chi connectivity index (χ0) is 14.0. The third-order valence-electron chi connectivity index (χ3n) is 2.74. The first-order valence-corrected chi connectivity index (χ1v) is 5.82. The Morgan fingerprint density at radius 1 is 1.42 bits per heavy atom. The minimum Gasteiger partial charge on any atom is -0.292 e. The fraction of sp³-hybridized carbons (Fsp3) is 0.167. The van der Waals surface area contributed by atoms with Crippen molar-refractivity contribution in [2.24, 2.45) is 0 Å². The molecule has 0 bridgehead atoms. The molecule has 1 aromatic carbocycles. The molecule has 0 spiro atoms. The van der Waals surface area contributed by atoms with Crippen molar-refractivity contribution in [1.82, 2.24) is 9.78 Å². The number of non-ortho nitro benzene ring substituents is 1. The lowest BCUT2D eigenvalue weighted by Crippen LogP contribution is -2.12. The fourth-order valence-electron chi connectivity index (χ4n) is 1.58. The molecule has 7 heteroatoms. The highest BCUT2D eigenvalue weighted by Gasteiger charge is 2.12. The highest BCUT2D eigenvalue weighted by molar-refractivity contribution is 6.31. The second-order valence-electron chi connectivity index (χ2n) is 3.96. The summed E-state index contributed by atoms with van der Waals surface area (Å²) in [5.41, 5.74) is 1.06. The first kappa shape index (κ1) is 13.2. The van der Waals surface area contributed by atoms with Gasteiger partial charge in [-0.1, -0.05) is 11.6 Å². The van der Waals surface area contributed by atoms with Crippen LogP contribution in [-0.4, -0.2) is 20.5 Å². The molecular weight excluding hydrogens is 270 g/mol. The van der Waals surface area contributed by atoms with Gasteiger partial charge in [-0.2, -0.15) is 5.10 Å². The van der Waals surface area contributed by atoms with Gasteiger partial charge in [0.25, 0.3) is 5.69 Å². The van der Waals surface area contributed by atoms with E-state index < -0.39 is 4.92 Å². The Balaban J connectivity index is 2.16. The summed E-state index contributed by atoms with van der Waals surface area (Å²) in [4.78, 5) is 22.0. The number of rotatable bonds is 4. The van der Waals surface area contributed by atoms with Gasteiger partial charge in [0, 0.05) is 17.7 Å². The Labute approximate surface area is 113 Å². The maximum Gasteiger partial charge on any atom is 0.269 e. The van der Waals surface area contributed by atoms with E-state index in [0.29, 0.717) is 16.3 Å². The van der Waals surface area contributed by atoms with Crippen LogP contribution in [0.3, 0.4) is 0 Å². The largest absolute Gasteiger partial charge is 0.292 e. The van der Waals surface area contributed by atoms with Gasteiger partial charge in [-0.15, -0.1) is 0 Å². The molecular formula is C12H10ClN3O3. The van der Waals surface area contributed by atoms with Crippen LogP contribution in [0.4, 0.5) is 5.69 Å². The normalized spacial score (nSPS) is 10.4. The summed E-state index contributed by atoms with van der Waals surface area (Å²) in [5, 5.41) is 15.0. The van der Waals surface area contributed by atoms with E-state index in [1.165, 1.54) is 35.1 Å². The number of halogens is 1. The standard InChI is InChI=1S/C12H10ClN3O3/c1-8-11(13)6-14-15(8)7-12(17)9-2-4-10(5-3-9)16(18)19/h2-6H,7H2,1H3. The molecule has 98 valence electrons. The van der Waals surface area contributed by atoms with Crippen molar-refractivity contribution in [3.8, 4) is 0 Å². The van der Waals surface area contributed by atoms with E-state index in [-0.39, 0.29) is 18.0 Å². The smallest absolute Gasteiger partial charge is 0.269 e. The van der Waals surface area contributed by atoms with E-state index in [2.05, 4.69) is 5.10 Å². The first-order valence-electron chi connectivity index (χ1n) is 5.44. The molecule has 2 rings (SSSR count). The Bertz CT molecular complexity index is 634. The number of aromatic nitrogens is 2. The predicted molar refractivity (Wildman–Crippen MR) is 69.4 cm³/mol. The van der Waals surface area contributed by atoms with Gasteiger partial charge in [-0.25, -0.2) is 0 Å². The number of nitro benzene ring substituents is 1. The molecule has 0 atom stereocenters. The lowest BCUT2D eigenvalue weighted by atomic mass is 10.1. The summed E-state index contributed by atoms with van der Waals surface area (Å²) in [6.07, 6.45) is 1.47. The summed E-state index contributed by atoms with van der Waals surface area (Å²) in [6.45, 7) is 1.81. The molecule has 0 N–H and O–H groups in total. The van der Waals surface area contributed by atoms with Crippen LogP contribution in [0.2, 0.25) is 5.02 Å². The van der Waals surface area contributed by atoms with Crippen molar-refractivity contribution in [3.63, 3.8) is 0 Å². The number of nitro groups is 1. The lowest BCUT2D eigenvalue weighted by Gasteiger charge is -2.04. The maximum absolute atomic E-state index is 12.0. The van der Waals surface area contributed by atoms with Crippen LogP contribution in [0.25, 0.3) is 0 Å². The third-order valence-corrected chi connectivity index (χ3v) is 3.11. The molecule has 0 saturated carbocycles. The molecule has 0 aliphatic carbocycles. The van der Waals surface area contributed by atoms with E-state index in [9.17, 15) is 14.9 Å². The fourth-order valence-corrected chi connectivity index (χ4v) is 1.72. The zero-order valence-electron chi connectivity index (χ0n) is 10.0. The number of hydrogen-bond donors (Lipinski definition) is 0. The van der Waals surface area contributed by atoms with Gasteiger partial charge in [0.05, 0.1) is 21.8 Å². The van der Waals surface area contributed by atoms with Crippen molar-refractivity contribution in [1.29, 1.82) is 0 Å². The van der Waals surface area contributed by atoms with Crippen molar-refractivity contribution >= 4 is 23.1 Å². The van der Waals surface area contributed by atoms with Gasteiger partial charge >= 0.3 is 0 Å². The number of benzene rings is 1. The summed E-state index contributed by atoms with van der Waals surface area (Å²) in [6, 6.07) is 5.47. The number of ketones is 1. The Morgan fingerprint density at radius 2 is 2.05 bits per heavy atom. The predicted octanol–water partition coefficient (Wildman–Crippen LogP) is 2.64. The molecule has 0 amide bonds. The molecule has 1 heterocycles. The van der Waals surface area contributed by atoms with Crippen LogP contribution in [0, 0.1) is 17.0 Å². The second kappa shape index (κ2) is 5.19. The van der Waals surface area contributed by atoms with Crippen molar-refractivity contribution in [3.05, 3.63) is 56.9 Å². The number of nitrogens with zero attached hydrogens (tertiary/aromatic N) is 3. The summed E-state index contributed by atoms with van der Waals surface area (Å²) in [7, 11) is 0. The van der Waals surface area contributed by atoms with Gasteiger partial charge in [0.15, 0.2) is 5.78 Å². The first-order chi connectivity index (χ1) is 8.99. The van der Waals surface area contributed by atoms with Crippen molar-refractivity contribution in [2.75, 3.05) is 0 Å². The van der Waals surface area contributed by atoms with Gasteiger partial charge in [0.2, 0.25) is 0 Å². The van der Waals surface area contributed by atoms with Gasteiger partial charge in [0.1, 0.15) is 6.54 Å². The minimum absolute atomic E-state index is 0.0464. The Hall–Kier alpha value is -2.21. The SMILES string of the molecule is Cc1c(Cl)cnn1CC(=O)c1ccc([N+](=O)[O-])cc1. The van der Waals surface area contributed by atoms with E-state index in [1.807, 2.05) is 0 Å². The third kappa shape index (κ3) is 2.79. The van der Waals surface area contributed by atoms with Crippen LogP contribution >= 0.6 is 11.6 Å². The van der Waals surface area contributed by atoms with Crippen molar-refractivity contribution in [2.45, 2.75) is 13.5 Å². The molecule has 0 radical (unpaired) electrons. The van der Waals surface area contributed by atoms with Crippen LogP contribution in [0.5, 0.6) is 0 Å². The topological polar surface area (TPSA) is 78.0 Å². The molecule has 0 aliphatic rings. The summed E-state index contributed by atoms with van der Waals surface area (Å²) >= 11 is 5.84. The van der Waals surface area contributed by atoms with Crippen molar-refractivity contribution < 1.29 is 9.72 Å². The Morgan fingerprint density at radius 3 is 2.53 bits per heavy atom. The average molecular weight is 280 g/mol. The number of carbonyl (C=O) groups is 1. The molecule has 19 heavy (non-hydrogen) atoms. The number of carbonyl (C=O) groups excluding carboxylic acids is 1. The molecule has 1 aromatic heterocycles. The van der Waals surface area contributed by atoms with E-state index in [1.54, 1.807) is 6.92 Å². The molecule has 6 nitrogen and oxygen atoms in total. The number of Topliss-reactive ketones (excluding diaryl/α,β-unsaturated/α-hetero) is 1. The quantitative estimate of drug-likeness (QED) is 0.490. The Kier molecular flexibility index (Phi) is 3.62. The zero-order valence-corrected chi connectivity index (χ0v) is 10.8. The van der Waals surface area contributed by atoms with Gasteiger partial charge < -0.3 is 0 Å². The second-order valence-corrected chi connectivity index (χ2v) is 4.37. The average Bonchev–Trinajstić information content (AvgIpc) is 2.71. The van der Waals surface area contributed by atoms with Gasteiger partial charge in [-0.3, -0.25) is 19.6 Å².